The van der Waals surface area contributed by atoms with E-state index in [1.807, 2.05) is 0 Å². The number of nitrogens with zero attached hydrogens (tertiary/aromatic N) is 1. The minimum atomic E-state index is -2.53. The number of halogens is 2. The fourth-order valence-corrected chi connectivity index (χ4v) is 2.25. The molecule has 0 heterocycles. The fraction of sp³-hybridized carbons (Fsp3) is 0.750. The molecule has 0 aromatic rings. The number of hydrogen-bond donors (Lipinski definition) is 0. The van der Waals surface area contributed by atoms with E-state index in [4.69, 9.17) is 0 Å². The lowest BCUT2D eigenvalue weighted by molar-refractivity contribution is -0.120. The summed E-state index contributed by atoms with van der Waals surface area (Å²) in [5, 5.41) is 0. The van der Waals surface area contributed by atoms with Gasteiger partial charge in [0.25, 0.3) is 0 Å². The Morgan fingerprint density at radius 3 is 2.33 bits per heavy atom. The monoisotopic (exact) mass is 173 g/mol. The molecule has 0 bridgehead atoms. The smallest absolute Gasteiger partial charge is 0.248 e. The van der Waals surface area contributed by atoms with Crippen LogP contribution in [0.25, 0.3) is 0 Å². The van der Waals surface area contributed by atoms with Crippen LogP contribution in [0, 0.1) is 17.8 Å². The Labute approximate surface area is 68.7 Å². The van der Waals surface area contributed by atoms with E-state index in [1.165, 1.54) is 0 Å². The Hall–Kier alpha value is -0.800. The SMILES string of the molecule is C=NC(=O)C1C2CC(F)(F)CC21. The van der Waals surface area contributed by atoms with Crippen molar-refractivity contribution in [3.63, 3.8) is 0 Å². The Bertz CT molecular complexity index is 237. The van der Waals surface area contributed by atoms with Gasteiger partial charge in [-0.15, -0.1) is 0 Å². The fourth-order valence-electron chi connectivity index (χ4n) is 2.25. The van der Waals surface area contributed by atoms with Gasteiger partial charge in [0, 0.05) is 18.8 Å². The van der Waals surface area contributed by atoms with Gasteiger partial charge in [-0.05, 0) is 18.6 Å². The summed E-state index contributed by atoms with van der Waals surface area (Å²) in [5.74, 6) is -3.30. The number of aliphatic imine (C=N–C) groups is 1. The largest absolute Gasteiger partial charge is 0.272 e. The quantitative estimate of drug-likeness (QED) is 0.552. The van der Waals surface area contributed by atoms with Crippen LogP contribution in [-0.2, 0) is 4.79 Å². The van der Waals surface area contributed by atoms with E-state index in [0.717, 1.165) is 0 Å². The number of alkyl halides is 2. The summed E-state index contributed by atoms with van der Waals surface area (Å²) in [5.41, 5.74) is 0. The van der Waals surface area contributed by atoms with Crippen molar-refractivity contribution in [2.75, 3.05) is 0 Å². The van der Waals surface area contributed by atoms with Crippen LogP contribution in [-0.4, -0.2) is 18.5 Å². The van der Waals surface area contributed by atoms with Crippen LogP contribution < -0.4 is 0 Å². The molecule has 0 spiro atoms. The Kier molecular flexibility index (Phi) is 1.38. The Balaban J connectivity index is 2.00. The maximum Gasteiger partial charge on any atom is 0.248 e. The minimum Gasteiger partial charge on any atom is -0.272 e. The summed E-state index contributed by atoms with van der Waals surface area (Å²) in [4.78, 5) is 14.2. The highest BCUT2D eigenvalue weighted by molar-refractivity contribution is 5.86. The van der Waals surface area contributed by atoms with Gasteiger partial charge in [0.1, 0.15) is 0 Å². The topological polar surface area (TPSA) is 29.4 Å². The maximum atomic E-state index is 12.6. The van der Waals surface area contributed by atoms with Crippen LogP contribution in [0.5, 0.6) is 0 Å². The van der Waals surface area contributed by atoms with Crippen LogP contribution in [0.15, 0.2) is 4.99 Å². The van der Waals surface area contributed by atoms with Crippen molar-refractivity contribution in [3.05, 3.63) is 0 Å². The molecule has 2 fully saturated rings. The first-order valence-electron chi connectivity index (χ1n) is 3.93. The van der Waals surface area contributed by atoms with Gasteiger partial charge in [0.2, 0.25) is 11.8 Å². The van der Waals surface area contributed by atoms with Gasteiger partial charge in [0.15, 0.2) is 0 Å². The molecule has 0 saturated heterocycles. The molecular weight excluding hydrogens is 164 g/mol. The highest BCUT2D eigenvalue weighted by atomic mass is 19.3. The molecule has 2 unspecified atom stereocenters. The van der Waals surface area contributed by atoms with Crippen LogP contribution in [0.3, 0.4) is 0 Å². The molecule has 0 aromatic carbocycles. The number of carbonyl (C=O) groups excluding carboxylic acids is 1. The molecule has 0 radical (unpaired) electrons. The predicted octanol–water partition coefficient (Wildman–Crippen LogP) is 1.50. The Morgan fingerprint density at radius 2 is 1.92 bits per heavy atom. The summed E-state index contributed by atoms with van der Waals surface area (Å²) < 4.78 is 25.2. The molecular formula is C8H9F2NO. The number of amides is 1. The highest BCUT2D eigenvalue weighted by Crippen LogP contribution is 2.62. The number of rotatable bonds is 1. The lowest BCUT2D eigenvalue weighted by Crippen LogP contribution is -2.16. The molecule has 2 aliphatic carbocycles. The first-order chi connectivity index (χ1) is 5.55. The van der Waals surface area contributed by atoms with E-state index in [1.54, 1.807) is 0 Å². The normalized spacial score (nSPS) is 42.0. The van der Waals surface area contributed by atoms with E-state index in [-0.39, 0.29) is 36.5 Å². The summed E-state index contributed by atoms with van der Waals surface area (Å²) in [6.45, 7) is 3.10. The predicted molar refractivity (Wildman–Crippen MR) is 39.2 cm³/mol. The molecule has 2 saturated carbocycles. The first kappa shape index (κ1) is 7.83. The van der Waals surface area contributed by atoms with Gasteiger partial charge in [-0.25, -0.2) is 13.8 Å². The molecule has 0 N–H and O–H groups in total. The van der Waals surface area contributed by atoms with Crippen LogP contribution in [0.4, 0.5) is 8.78 Å². The molecule has 2 rings (SSSR count). The van der Waals surface area contributed by atoms with E-state index < -0.39 is 5.92 Å². The third-order valence-corrected chi connectivity index (χ3v) is 2.84. The third-order valence-electron chi connectivity index (χ3n) is 2.84. The maximum absolute atomic E-state index is 12.6. The number of carbonyl (C=O) groups is 1. The highest BCUT2D eigenvalue weighted by Gasteiger charge is 2.65. The van der Waals surface area contributed by atoms with Gasteiger partial charge in [0.05, 0.1) is 0 Å². The first-order valence-corrected chi connectivity index (χ1v) is 3.93. The average Bonchev–Trinajstić information content (AvgIpc) is 2.49. The average molecular weight is 173 g/mol. The van der Waals surface area contributed by atoms with E-state index in [0.29, 0.717) is 0 Å². The minimum absolute atomic E-state index is 0.113. The molecule has 1 amide bonds. The molecule has 2 atom stereocenters. The molecule has 4 heteroatoms. The third kappa shape index (κ3) is 0.974. The lowest BCUT2D eigenvalue weighted by Gasteiger charge is -2.10. The second-order valence-corrected chi connectivity index (χ2v) is 3.61. The van der Waals surface area contributed by atoms with Crippen LogP contribution in [0.1, 0.15) is 12.8 Å². The Morgan fingerprint density at radius 1 is 1.42 bits per heavy atom. The van der Waals surface area contributed by atoms with E-state index in [9.17, 15) is 13.6 Å². The molecule has 66 valence electrons. The van der Waals surface area contributed by atoms with Crippen molar-refractivity contribution in [1.82, 2.24) is 0 Å². The van der Waals surface area contributed by atoms with Gasteiger partial charge >= 0.3 is 0 Å². The molecule has 0 aliphatic heterocycles. The summed E-state index contributed by atoms with van der Waals surface area (Å²) in [7, 11) is 0. The van der Waals surface area contributed by atoms with Crippen molar-refractivity contribution >= 4 is 12.6 Å². The van der Waals surface area contributed by atoms with E-state index >= 15 is 0 Å². The second kappa shape index (κ2) is 2.12. The zero-order valence-corrected chi connectivity index (χ0v) is 6.46. The molecule has 2 aliphatic rings. The van der Waals surface area contributed by atoms with Gasteiger partial charge < -0.3 is 0 Å². The van der Waals surface area contributed by atoms with Crippen molar-refractivity contribution in [2.24, 2.45) is 22.7 Å². The van der Waals surface area contributed by atoms with Gasteiger partial charge in [-0.3, -0.25) is 4.79 Å². The zero-order chi connectivity index (χ0) is 8.93. The molecule has 0 aromatic heterocycles. The van der Waals surface area contributed by atoms with Crippen molar-refractivity contribution in [3.8, 4) is 0 Å². The van der Waals surface area contributed by atoms with Gasteiger partial charge in [-0.1, -0.05) is 0 Å². The standard InChI is InChI=1S/C8H9F2NO/c1-11-7(12)6-4-2-8(9,10)3-5(4)6/h4-6H,1-3H2. The lowest BCUT2D eigenvalue weighted by atomic mass is 10.1. The van der Waals surface area contributed by atoms with Crippen molar-refractivity contribution in [2.45, 2.75) is 18.8 Å². The molecule has 12 heavy (non-hydrogen) atoms. The number of fused-ring (bicyclic) bond motifs is 1. The van der Waals surface area contributed by atoms with Crippen molar-refractivity contribution in [1.29, 1.82) is 0 Å². The summed E-state index contributed by atoms with van der Waals surface area (Å²) in [6, 6.07) is 0. The zero-order valence-electron chi connectivity index (χ0n) is 6.46. The van der Waals surface area contributed by atoms with Gasteiger partial charge in [-0.2, -0.15) is 0 Å². The summed E-state index contributed by atoms with van der Waals surface area (Å²) >= 11 is 0. The summed E-state index contributed by atoms with van der Waals surface area (Å²) in [6.07, 6.45) is -0.271. The van der Waals surface area contributed by atoms with Crippen LogP contribution in [0.2, 0.25) is 0 Å². The molecule has 2 nitrogen and oxygen atoms in total. The van der Waals surface area contributed by atoms with Crippen LogP contribution >= 0.6 is 0 Å². The van der Waals surface area contributed by atoms with E-state index in [2.05, 4.69) is 11.7 Å². The number of hydrogen-bond acceptors (Lipinski definition) is 1. The van der Waals surface area contributed by atoms with Crippen molar-refractivity contribution < 1.29 is 13.6 Å². The second-order valence-electron chi connectivity index (χ2n) is 3.61.